The van der Waals surface area contributed by atoms with Crippen LogP contribution < -0.4 is 5.32 Å². The molecule has 1 unspecified atom stereocenters. The first kappa shape index (κ1) is 12.4. The summed E-state index contributed by atoms with van der Waals surface area (Å²) in [5.74, 6) is 0.456. The van der Waals surface area contributed by atoms with Crippen molar-refractivity contribution in [3.63, 3.8) is 0 Å². The standard InChI is InChI=1S/C10H15N3O3/c1-2-9(14)4-6-12-10-7-8(13(15)16)3-5-11-10/h3,5,7,9,14H,2,4,6H2,1H3,(H,11,12). The first-order chi connectivity index (χ1) is 7.63. The van der Waals surface area contributed by atoms with Crippen LogP contribution in [0.25, 0.3) is 0 Å². The van der Waals surface area contributed by atoms with E-state index in [-0.39, 0.29) is 11.8 Å². The monoisotopic (exact) mass is 225 g/mol. The summed E-state index contributed by atoms with van der Waals surface area (Å²) >= 11 is 0. The summed E-state index contributed by atoms with van der Waals surface area (Å²) < 4.78 is 0. The largest absolute Gasteiger partial charge is 0.393 e. The molecule has 1 atom stereocenters. The summed E-state index contributed by atoms with van der Waals surface area (Å²) in [7, 11) is 0. The van der Waals surface area contributed by atoms with Gasteiger partial charge in [0.15, 0.2) is 0 Å². The highest BCUT2D eigenvalue weighted by Crippen LogP contribution is 2.14. The average Bonchev–Trinajstić information content (AvgIpc) is 2.29. The Labute approximate surface area is 93.5 Å². The molecule has 1 rings (SSSR count). The van der Waals surface area contributed by atoms with Crippen molar-refractivity contribution in [3.05, 3.63) is 28.4 Å². The van der Waals surface area contributed by atoms with E-state index in [1.807, 2.05) is 6.92 Å². The van der Waals surface area contributed by atoms with Crippen molar-refractivity contribution in [3.8, 4) is 0 Å². The van der Waals surface area contributed by atoms with Crippen LogP contribution in [0.1, 0.15) is 19.8 Å². The zero-order valence-electron chi connectivity index (χ0n) is 9.09. The number of aliphatic hydroxyl groups is 1. The highest BCUT2D eigenvalue weighted by Gasteiger charge is 2.06. The van der Waals surface area contributed by atoms with E-state index in [1.165, 1.54) is 18.3 Å². The van der Waals surface area contributed by atoms with Gasteiger partial charge >= 0.3 is 0 Å². The SMILES string of the molecule is CCC(O)CCNc1cc([N+](=O)[O-])ccn1. The van der Waals surface area contributed by atoms with Crippen molar-refractivity contribution < 1.29 is 10.0 Å². The zero-order valence-corrected chi connectivity index (χ0v) is 9.09. The predicted octanol–water partition coefficient (Wildman–Crippen LogP) is 1.56. The molecule has 0 amide bonds. The van der Waals surface area contributed by atoms with Gasteiger partial charge in [-0.15, -0.1) is 0 Å². The fourth-order valence-electron chi connectivity index (χ4n) is 1.20. The Morgan fingerprint density at radius 1 is 1.69 bits per heavy atom. The molecule has 1 aromatic rings. The van der Waals surface area contributed by atoms with E-state index in [2.05, 4.69) is 10.3 Å². The number of aliphatic hydroxyl groups excluding tert-OH is 1. The van der Waals surface area contributed by atoms with Crippen LogP contribution in [-0.4, -0.2) is 27.7 Å². The molecule has 0 spiro atoms. The quantitative estimate of drug-likeness (QED) is 0.566. The molecular weight excluding hydrogens is 210 g/mol. The van der Waals surface area contributed by atoms with Gasteiger partial charge in [0, 0.05) is 18.8 Å². The Bertz CT molecular complexity index is 357. The second-order valence-electron chi connectivity index (χ2n) is 3.43. The van der Waals surface area contributed by atoms with Crippen LogP contribution in [-0.2, 0) is 0 Å². The van der Waals surface area contributed by atoms with Gasteiger partial charge in [0.25, 0.3) is 5.69 Å². The predicted molar refractivity (Wildman–Crippen MR) is 60.3 cm³/mol. The minimum absolute atomic E-state index is 0.00791. The Morgan fingerprint density at radius 2 is 2.44 bits per heavy atom. The Balaban J connectivity index is 2.48. The molecule has 0 radical (unpaired) electrons. The van der Waals surface area contributed by atoms with Gasteiger partial charge in [-0.1, -0.05) is 6.92 Å². The van der Waals surface area contributed by atoms with Crippen LogP contribution >= 0.6 is 0 Å². The maximum atomic E-state index is 10.5. The van der Waals surface area contributed by atoms with Gasteiger partial charge in [-0.2, -0.15) is 0 Å². The van der Waals surface area contributed by atoms with Crippen molar-refractivity contribution in [1.29, 1.82) is 0 Å². The van der Waals surface area contributed by atoms with Crippen molar-refractivity contribution in [2.24, 2.45) is 0 Å². The molecule has 0 bridgehead atoms. The lowest BCUT2D eigenvalue weighted by atomic mass is 10.2. The van der Waals surface area contributed by atoms with Gasteiger partial charge in [0.05, 0.1) is 17.1 Å². The Kier molecular flexibility index (Phi) is 4.65. The summed E-state index contributed by atoms with van der Waals surface area (Å²) in [6.07, 6.45) is 2.34. The van der Waals surface area contributed by atoms with E-state index >= 15 is 0 Å². The van der Waals surface area contributed by atoms with Crippen LogP contribution in [0.4, 0.5) is 11.5 Å². The second kappa shape index (κ2) is 6.02. The van der Waals surface area contributed by atoms with Crippen molar-refractivity contribution in [1.82, 2.24) is 4.98 Å². The number of nitrogens with zero attached hydrogens (tertiary/aromatic N) is 2. The van der Waals surface area contributed by atoms with Gasteiger partial charge in [-0.05, 0) is 12.8 Å². The second-order valence-corrected chi connectivity index (χ2v) is 3.43. The fourth-order valence-corrected chi connectivity index (χ4v) is 1.20. The molecule has 88 valence electrons. The summed E-state index contributed by atoms with van der Waals surface area (Å²) in [6.45, 7) is 2.44. The Morgan fingerprint density at radius 3 is 3.06 bits per heavy atom. The summed E-state index contributed by atoms with van der Waals surface area (Å²) in [5, 5.41) is 22.7. The maximum absolute atomic E-state index is 10.5. The Hall–Kier alpha value is -1.69. The normalized spacial score (nSPS) is 12.1. The van der Waals surface area contributed by atoms with Crippen molar-refractivity contribution >= 4 is 11.5 Å². The molecule has 0 aliphatic rings. The van der Waals surface area contributed by atoms with Crippen molar-refractivity contribution in [2.75, 3.05) is 11.9 Å². The number of hydrogen-bond donors (Lipinski definition) is 2. The number of nitro groups is 1. The molecule has 2 N–H and O–H groups in total. The highest BCUT2D eigenvalue weighted by atomic mass is 16.6. The third-order valence-electron chi connectivity index (χ3n) is 2.21. The van der Waals surface area contributed by atoms with Gasteiger partial charge in [-0.25, -0.2) is 4.98 Å². The van der Waals surface area contributed by atoms with E-state index in [9.17, 15) is 15.2 Å². The number of pyridine rings is 1. The van der Waals surface area contributed by atoms with Crippen molar-refractivity contribution in [2.45, 2.75) is 25.9 Å². The third-order valence-corrected chi connectivity index (χ3v) is 2.21. The topological polar surface area (TPSA) is 88.3 Å². The van der Waals surface area contributed by atoms with E-state index in [0.29, 0.717) is 25.2 Å². The van der Waals surface area contributed by atoms with Gasteiger partial charge in [0.2, 0.25) is 0 Å². The van der Waals surface area contributed by atoms with Crippen LogP contribution in [0.15, 0.2) is 18.3 Å². The lowest BCUT2D eigenvalue weighted by Crippen LogP contribution is -2.12. The molecule has 6 heteroatoms. The molecule has 6 nitrogen and oxygen atoms in total. The summed E-state index contributed by atoms with van der Waals surface area (Å²) in [5.41, 5.74) is 0.00791. The molecule has 0 aromatic carbocycles. The number of nitrogens with one attached hydrogen (secondary N) is 1. The van der Waals surface area contributed by atoms with Gasteiger partial charge in [0.1, 0.15) is 5.82 Å². The van der Waals surface area contributed by atoms with Crippen LogP contribution in [0, 0.1) is 10.1 Å². The highest BCUT2D eigenvalue weighted by molar-refractivity contribution is 5.44. The fraction of sp³-hybridized carbons (Fsp3) is 0.500. The molecule has 0 aliphatic heterocycles. The van der Waals surface area contributed by atoms with Crippen LogP contribution in [0.5, 0.6) is 0 Å². The van der Waals surface area contributed by atoms with E-state index in [0.717, 1.165) is 0 Å². The first-order valence-electron chi connectivity index (χ1n) is 5.16. The number of anilines is 1. The van der Waals surface area contributed by atoms with Gasteiger partial charge in [-0.3, -0.25) is 10.1 Å². The molecular formula is C10H15N3O3. The zero-order chi connectivity index (χ0) is 12.0. The van der Waals surface area contributed by atoms with Crippen LogP contribution in [0.2, 0.25) is 0 Å². The maximum Gasteiger partial charge on any atom is 0.274 e. The smallest absolute Gasteiger partial charge is 0.274 e. The summed E-state index contributed by atoms with van der Waals surface area (Å²) in [6, 6.07) is 2.71. The van der Waals surface area contributed by atoms with Crippen LogP contribution in [0.3, 0.4) is 0 Å². The third kappa shape index (κ3) is 3.82. The van der Waals surface area contributed by atoms with E-state index in [1.54, 1.807) is 0 Å². The number of rotatable bonds is 6. The minimum atomic E-state index is -0.465. The molecule has 1 aromatic heterocycles. The molecule has 1 heterocycles. The average molecular weight is 225 g/mol. The van der Waals surface area contributed by atoms with Gasteiger partial charge < -0.3 is 10.4 Å². The number of aromatic nitrogens is 1. The molecule has 0 fully saturated rings. The lowest BCUT2D eigenvalue weighted by molar-refractivity contribution is -0.384. The molecule has 0 saturated heterocycles. The molecule has 0 aliphatic carbocycles. The minimum Gasteiger partial charge on any atom is -0.393 e. The first-order valence-corrected chi connectivity index (χ1v) is 5.16. The molecule has 16 heavy (non-hydrogen) atoms. The van der Waals surface area contributed by atoms with E-state index < -0.39 is 4.92 Å². The lowest BCUT2D eigenvalue weighted by Gasteiger charge is -2.08. The number of hydrogen-bond acceptors (Lipinski definition) is 5. The molecule has 0 saturated carbocycles. The summed E-state index contributed by atoms with van der Waals surface area (Å²) in [4.78, 5) is 14.0. The van der Waals surface area contributed by atoms with E-state index in [4.69, 9.17) is 0 Å².